The Morgan fingerprint density at radius 3 is 3.08 bits per heavy atom. The number of rotatable bonds is 5. The van der Waals surface area contributed by atoms with E-state index >= 15 is 0 Å². The average molecular weight is 351 g/mol. The fraction of sp³-hybridized carbons (Fsp3) is 0.368. The van der Waals surface area contributed by atoms with Crippen LogP contribution in [-0.2, 0) is 12.8 Å². The number of ketones is 1. The van der Waals surface area contributed by atoms with Gasteiger partial charge in [0, 0.05) is 37.0 Å². The molecule has 1 aliphatic carbocycles. The average Bonchev–Trinajstić information content (AvgIpc) is 3.20. The minimum absolute atomic E-state index is 0.0654. The van der Waals surface area contributed by atoms with Crippen LogP contribution in [0.2, 0.25) is 0 Å². The molecule has 0 atom stereocenters. The van der Waals surface area contributed by atoms with Gasteiger partial charge in [0.2, 0.25) is 0 Å². The van der Waals surface area contributed by atoms with Gasteiger partial charge in [-0.05, 0) is 38.3 Å². The largest absolute Gasteiger partial charge is 0.361 e. The monoisotopic (exact) mass is 351 g/mol. The predicted octanol–water partition coefficient (Wildman–Crippen LogP) is 2.25. The SMILES string of the molecule is Cc1[nH]c2c(c1C(=O)NCCCc1nnc3ccccn13)C(=O)CCC2. The van der Waals surface area contributed by atoms with Gasteiger partial charge in [0.25, 0.3) is 5.91 Å². The molecule has 1 amide bonds. The third-order valence-corrected chi connectivity index (χ3v) is 4.85. The summed E-state index contributed by atoms with van der Waals surface area (Å²) < 4.78 is 1.95. The van der Waals surface area contributed by atoms with Gasteiger partial charge in [-0.3, -0.25) is 14.0 Å². The number of pyridine rings is 1. The van der Waals surface area contributed by atoms with Crippen LogP contribution in [0.25, 0.3) is 5.65 Å². The summed E-state index contributed by atoms with van der Waals surface area (Å²) in [5, 5.41) is 11.3. The number of H-pyrrole nitrogens is 1. The minimum Gasteiger partial charge on any atom is -0.361 e. The minimum atomic E-state index is -0.179. The van der Waals surface area contributed by atoms with Crippen molar-refractivity contribution in [2.75, 3.05) is 6.54 Å². The molecule has 2 N–H and O–H groups in total. The molecule has 1 aliphatic rings. The summed E-state index contributed by atoms with van der Waals surface area (Å²) in [6.45, 7) is 2.37. The molecular formula is C19H21N5O2. The van der Waals surface area contributed by atoms with Crippen molar-refractivity contribution in [2.24, 2.45) is 0 Å². The van der Waals surface area contributed by atoms with Crippen LogP contribution >= 0.6 is 0 Å². The molecule has 3 aromatic rings. The molecule has 0 saturated carbocycles. The second kappa shape index (κ2) is 6.74. The molecule has 3 aromatic heterocycles. The van der Waals surface area contributed by atoms with Crippen molar-refractivity contribution in [1.82, 2.24) is 24.9 Å². The van der Waals surface area contributed by atoms with E-state index in [2.05, 4.69) is 20.5 Å². The van der Waals surface area contributed by atoms with Crippen LogP contribution in [0.5, 0.6) is 0 Å². The van der Waals surface area contributed by atoms with Gasteiger partial charge in [0.15, 0.2) is 11.4 Å². The zero-order chi connectivity index (χ0) is 18.1. The van der Waals surface area contributed by atoms with E-state index in [4.69, 9.17) is 0 Å². The molecule has 3 heterocycles. The molecular weight excluding hydrogens is 330 g/mol. The lowest BCUT2D eigenvalue weighted by Crippen LogP contribution is -2.27. The van der Waals surface area contributed by atoms with Gasteiger partial charge in [0.05, 0.1) is 11.1 Å². The van der Waals surface area contributed by atoms with Crippen LogP contribution in [0.4, 0.5) is 0 Å². The molecule has 0 saturated heterocycles. The molecule has 7 heteroatoms. The lowest BCUT2D eigenvalue weighted by atomic mass is 9.93. The van der Waals surface area contributed by atoms with Crippen LogP contribution in [0.3, 0.4) is 0 Å². The van der Waals surface area contributed by atoms with E-state index in [0.717, 1.165) is 42.1 Å². The third kappa shape index (κ3) is 2.89. The number of aromatic nitrogens is 4. The topological polar surface area (TPSA) is 92.2 Å². The van der Waals surface area contributed by atoms with Crippen LogP contribution in [-0.4, -0.2) is 37.8 Å². The molecule has 0 fully saturated rings. The predicted molar refractivity (Wildman–Crippen MR) is 96.4 cm³/mol. The first-order valence-electron chi connectivity index (χ1n) is 8.96. The molecule has 0 bridgehead atoms. The first-order chi connectivity index (χ1) is 12.6. The highest BCUT2D eigenvalue weighted by Gasteiger charge is 2.28. The lowest BCUT2D eigenvalue weighted by molar-refractivity contribution is 0.0927. The Kier molecular flexibility index (Phi) is 4.28. The second-order valence-electron chi connectivity index (χ2n) is 6.66. The van der Waals surface area contributed by atoms with Gasteiger partial charge in [-0.15, -0.1) is 10.2 Å². The number of amides is 1. The van der Waals surface area contributed by atoms with Crippen molar-refractivity contribution >= 4 is 17.3 Å². The Labute approximate surface area is 150 Å². The Hall–Kier alpha value is -2.96. The molecule has 0 aliphatic heterocycles. The third-order valence-electron chi connectivity index (χ3n) is 4.85. The molecule has 0 radical (unpaired) electrons. The molecule has 7 nitrogen and oxygen atoms in total. The summed E-state index contributed by atoms with van der Waals surface area (Å²) in [5.74, 6) is 0.761. The number of Topliss-reactive ketones (excluding diaryl/α,β-unsaturated/α-hetero) is 1. The van der Waals surface area contributed by atoms with Gasteiger partial charge in [-0.1, -0.05) is 6.07 Å². The van der Waals surface area contributed by atoms with Crippen molar-refractivity contribution in [3.8, 4) is 0 Å². The van der Waals surface area contributed by atoms with E-state index in [1.165, 1.54) is 0 Å². The zero-order valence-corrected chi connectivity index (χ0v) is 14.7. The van der Waals surface area contributed by atoms with Crippen molar-refractivity contribution in [2.45, 2.75) is 39.0 Å². The van der Waals surface area contributed by atoms with E-state index in [1.807, 2.05) is 35.7 Å². The fourth-order valence-corrected chi connectivity index (χ4v) is 3.62. The normalized spacial score (nSPS) is 13.8. The first-order valence-corrected chi connectivity index (χ1v) is 8.96. The van der Waals surface area contributed by atoms with Gasteiger partial charge in [-0.2, -0.15) is 0 Å². The second-order valence-corrected chi connectivity index (χ2v) is 6.66. The van der Waals surface area contributed by atoms with Gasteiger partial charge in [0.1, 0.15) is 5.82 Å². The van der Waals surface area contributed by atoms with Gasteiger partial charge in [-0.25, -0.2) is 0 Å². The zero-order valence-electron chi connectivity index (χ0n) is 14.7. The Bertz CT molecular complexity index is 985. The van der Waals surface area contributed by atoms with Crippen LogP contribution in [0, 0.1) is 6.92 Å². The smallest absolute Gasteiger partial charge is 0.253 e. The van der Waals surface area contributed by atoms with Crippen LogP contribution in [0.15, 0.2) is 24.4 Å². The number of aryl methyl sites for hydroxylation is 3. The number of carbonyl (C=O) groups is 2. The van der Waals surface area contributed by atoms with Crippen molar-refractivity contribution in [1.29, 1.82) is 0 Å². The number of hydrogen-bond acceptors (Lipinski definition) is 4. The Morgan fingerprint density at radius 1 is 1.31 bits per heavy atom. The van der Waals surface area contributed by atoms with E-state index in [-0.39, 0.29) is 11.7 Å². The fourth-order valence-electron chi connectivity index (χ4n) is 3.62. The summed E-state index contributed by atoms with van der Waals surface area (Å²) in [7, 11) is 0. The van der Waals surface area contributed by atoms with E-state index in [1.54, 1.807) is 0 Å². The van der Waals surface area contributed by atoms with Crippen molar-refractivity contribution in [3.63, 3.8) is 0 Å². The lowest BCUT2D eigenvalue weighted by Gasteiger charge is -2.12. The number of nitrogens with one attached hydrogen (secondary N) is 2. The van der Waals surface area contributed by atoms with E-state index < -0.39 is 0 Å². The van der Waals surface area contributed by atoms with Crippen molar-refractivity contribution < 1.29 is 9.59 Å². The van der Waals surface area contributed by atoms with Gasteiger partial charge >= 0.3 is 0 Å². The first kappa shape index (κ1) is 16.5. The maximum Gasteiger partial charge on any atom is 0.253 e. The highest BCUT2D eigenvalue weighted by molar-refractivity contribution is 6.10. The molecule has 4 rings (SSSR count). The maximum atomic E-state index is 12.6. The number of hydrogen-bond donors (Lipinski definition) is 2. The van der Waals surface area contributed by atoms with Crippen LogP contribution < -0.4 is 5.32 Å². The molecule has 134 valence electrons. The maximum absolute atomic E-state index is 12.6. The number of carbonyl (C=O) groups excluding carboxylic acids is 2. The number of fused-ring (bicyclic) bond motifs is 2. The summed E-state index contributed by atoms with van der Waals surface area (Å²) in [6, 6.07) is 5.78. The molecule has 26 heavy (non-hydrogen) atoms. The quantitative estimate of drug-likeness (QED) is 0.690. The van der Waals surface area contributed by atoms with E-state index in [0.29, 0.717) is 30.5 Å². The van der Waals surface area contributed by atoms with Crippen LogP contribution in [0.1, 0.15) is 57.2 Å². The number of aromatic amines is 1. The standard InChI is InChI=1S/C19H21N5O2/c1-12-17(18-13(21-12)6-4-7-14(18)25)19(26)20-10-5-9-16-23-22-15-8-2-3-11-24(15)16/h2-3,8,11,21H,4-7,9-10H2,1H3,(H,20,26). The Morgan fingerprint density at radius 2 is 2.19 bits per heavy atom. The van der Waals surface area contributed by atoms with E-state index in [9.17, 15) is 9.59 Å². The molecule has 0 unspecified atom stereocenters. The molecule has 0 aromatic carbocycles. The summed E-state index contributed by atoms with van der Waals surface area (Å²) in [5.41, 5.74) is 3.59. The highest BCUT2D eigenvalue weighted by Crippen LogP contribution is 2.26. The van der Waals surface area contributed by atoms with Gasteiger partial charge < -0.3 is 10.3 Å². The van der Waals surface area contributed by atoms with Crippen molar-refractivity contribution in [3.05, 3.63) is 52.7 Å². The summed E-state index contributed by atoms with van der Waals surface area (Å²) in [6.07, 6.45) is 5.60. The highest BCUT2D eigenvalue weighted by atomic mass is 16.2. The summed E-state index contributed by atoms with van der Waals surface area (Å²) in [4.78, 5) is 28.0. The molecule has 0 spiro atoms. The number of nitrogens with zero attached hydrogens (tertiary/aromatic N) is 3. The summed E-state index contributed by atoms with van der Waals surface area (Å²) >= 11 is 0. The Balaban J connectivity index is 1.39.